The number of amides is 1. The SMILES string of the molecule is NC(=O)CCNc1nc2c(cc1C(N)=S)CCC2. The van der Waals surface area contributed by atoms with Gasteiger partial charge >= 0.3 is 0 Å². The zero-order chi connectivity index (χ0) is 13.1. The fourth-order valence-corrected chi connectivity index (χ4v) is 2.25. The molecule has 0 unspecified atom stereocenters. The van der Waals surface area contributed by atoms with Crippen molar-refractivity contribution in [1.82, 2.24) is 4.98 Å². The minimum atomic E-state index is -0.347. The molecule has 1 aromatic heterocycles. The summed E-state index contributed by atoms with van der Waals surface area (Å²) < 4.78 is 0. The van der Waals surface area contributed by atoms with Gasteiger partial charge in [-0.1, -0.05) is 12.2 Å². The Morgan fingerprint density at radius 2 is 2.22 bits per heavy atom. The van der Waals surface area contributed by atoms with Gasteiger partial charge in [-0.2, -0.15) is 0 Å². The summed E-state index contributed by atoms with van der Waals surface area (Å²) in [6.07, 6.45) is 3.39. The van der Waals surface area contributed by atoms with E-state index in [-0.39, 0.29) is 12.3 Å². The smallest absolute Gasteiger partial charge is 0.219 e. The lowest BCUT2D eigenvalue weighted by atomic mass is 10.1. The van der Waals surface area contributed by atoms with Gasteiger partial charge in [-0.3, -0.25) is 4.79 Å². The third-order valence-corrected chi connectivity index (χ3v) is 3.20. The molecule has 0 aliphatic heterocycles. The lowest BCUT2D eigenvalue weighted by Crippen LogP contribution is -2.19. The number of fused-ring (bicyclic) bond motifs is 1. The molecule has 5 nitrogen and oxygen atoms in total. The summed E-state index contributed by atoms with van der Waals surface area (Å²) in [7, 11) is 0. The minimum absolute atomic E-state index is 0.259. The molecule has 0 spiro atoms. The van der Waals surface area contributed by atoms with Crippen molar-refractivity contribution in [3.8, 4) is 0 Å². The molecule has 0 aromatic carbocycles. The molecule has 0 bridgehead atoms. The molecule has 0 radical (unpaired) electrons. The van der Waals surface area contributed by atoms with Gasteiger partial charge in [0.05, 0.1) is 5.56 Å². The van der Waals surface area contributed by atoms with Crippen molar-refractivity contribution in [3.63, 3.8) is 0 Å². The van der Waals surface area contributed by atoms with Crippen molar-refractivity contribution in [3.05, 3.63) is 22.9 Å². The van der Waals surface area contributed by atoms with Gasteiger partial charge in [0.15, 0.2) is 0 Å². The Kier molecular flexibility index (Phi) is 3.76. The van der Waals surface area contributed by atoms with E-state index in [1.807, 2.05) is 6.07 Å². The number of carbonyl (C=O) groups is 1. The predicted molar refractivity (Wildman–Crippen MR) is 74.5 cm³/mol. The molecule has 1 amide bonds. The molecule has 0 atom stereocenters. The molecule has 18 heavy (non-hydrogen) atoms. The molecule has 2 rings (SSSR count). The number of nitrogens with two attached hydrogens (primary N) is 2. The minimum Gasteiger partial charge on any atom is -0.389 e. The third-order valence-electron chi connectivity index (χ3n) is 2.98. The standard InChI is InChI=1S/C12H16N4OS/c13-10(17)4-5-15-12-8(11(14)18)6-7-2-1-3-9(7)16-12/h6H,1-5H2,(H2,13,17)(H2,14,18)(H,15,16). The molecule has 0 saturated carbocycles. The lowest BCUT2D eigenvalue weighted by molar-refractivity contribution is -0.117. The summed E-state index contributed by atoms with van der Waals surface area (Å²) in [5.74, 6) is 0.310. The molecule has 1 aromatic rings. The van der Waals surface area contributed by atoms with Crippen molar-refractivity contribution >= 4 is 28.9 Å². The molecule has 96 valence electrons. The summed E-state index contributed by atoms with van der Waals surface area (Å²) >= 11 is 5.03. The maximum Gasteiger partial charge on any atom is 0.219 e. The van der Waals surface area contributed by atoms with Gasteiger partial charge in [-0.15, -0.1) is 0 Å². The summed E-state index contributed by atoms with van der Waals surface area (Å²) in [6.45, 7) is 0.441. The first kappa shape index (κ1) is 12.8. The van der Waals surface area contributed by atoms with Gasteiger partial charge in [-0.25, -0.2) is 4.98 Å². The monoisotopic (exact) mass is 264 g/mol. The largest absolute Gasteiger partial charge is 0.389 e. The van der Waals surface area contributed by atoms with Crippen LogP contribution in [0.3, 0.4) is 0 Å². The van der Waals surface area contributed by atoms with Crippen molar-refractivity contribution < 1.29 is 4.79 Å². The van der Waals surface area contributed by atoms with Gasteiger partial charge < -0.3 is 16.8 Å². The quantitative estimate of drug-likeness (QED) is 0.673. The maximum atomic E-state index is 10.7. The number of thiocarbonyl (C=S) groups is 1. The number of hydrogen-bond donors (Lipinski definition) is 3. The Hall–Kier alpha value is -1.69. The summed E-state index contributed by atoms with van der Waals surface area (Å²) in [5, 5.41) is 3.08. The Labute approximate surface area is 111 Å². The molecular weight excluding hydrogens is 248 g/mol. The number of carbonyl (C=O) groups excluding carboxylic acids is 1. The van der Waals surface area contributed by atoms with E-state index in [4.69, 9.17) is 23.7 Å². The first-order valence-corrected chi connectivity index (χ1v) is 6.33. The van der Waals surface area contributed by atoms with E-state index >= 15 is 0 Å². The molecule has 1 heterocycles. The van der Waals surface area contributed by atoms with E-state index in [2.05, 4.69) is 10.3 Å². The van der Waals surface area contributed by atoms with Crippen molar-refractivity contribution in [1.29, 1.82) is 0 Å². The highest BCUT2D eigenvalue weighted by molar-refractivity contribution is 7.80. The van der Waals surface area contributed by atoms with Gasteiger partial charge in [0, 0.05) is 18.7 Å². The van der Waals surface area contributed by atoms with Gasteiger partial charge in [-0.05, 0) is 30.9 Å². The predicted octanol–water partition coefficient (Wildman–Crippen LogP) is 0.492. The second-order valence-electron chi connectivity index (χ2n) is 4.35. The Morgan fingerprint density at radius 1 is 1.44 bits per heavy atom. The maximum absolute atomic E-state index is 10.7. The van der Waals surface area contributed by atoms with Crippen molar-refractivity contribution in [2.75, 3.05) is 11.9 Å². The van der Waals surface area contributed by atoms with Gasteiger partial charge in [0.2, 0.25) is 5.91 Å². The summed E-state index contributed by atoms with van der Waals surface area (Å²) in [5.41, 5.74) is 13.9. The number of aromatic nitrogens is 1. The summed E-state index contributed by atoms with van der Waals surface area (Å²) in [6, 6.07) is 2.00. The highest BCUT2D eigenvalue weighted by atomic mass is 32.1. The topological polar surface area (TPSA) is 94.0 Å². The van der Waals surface area contributed by atoms with Crippen LogP contribution in [0.15, 0.2) is 6.07 Å². The van der Waals surface area contributed by atoms with Crippen LogP contribution in [0.5, 0.6) is 0 Å². The lowest BCUT2D eigenvalue weighted by Gasteiger charge is -2.12. The third kappa shape index (κ3) is 2.76. The van der Waals surface area contributed by atoms with E-state index in [0.29, 0.717) is 17.4 Å². The fourth-order valence-electron chi connectivity index (χ4n) is 2.10. The molecule has 5 N–H and O–H groups in total. The van der Waals surface area contributed by atoms with Crippen LogP contribution in [0.4, 0.5) is 5.82 Å². The zero-order valence-corrected chi connectivity index (χ0v) is 10.8. The normalized spacial score (nSPS) is 13.1. The van der Waals surface area contributed by atoms with Crippen LogP contribution in [0.2, 0.25) is 0 Å². The van der Waals surface area contributed by atoms with E-state index in [0.717, 1.165) is 30.5 Å². The van der Waals surface area contributed by atoms with Crippen LogP contribution in [-0.2, 0) is 17.6 Å². The number of nitrogens with one attached hydrogen (secondary N) is 1. The molecule has 6 heteroatoms. The summed E-state index contributed by atoms with van der Waals surface area (Å²) in [4.78, 5) is 15.6. The molecule has 0 saturated heterocycles. The number of anilines is 1. The number of primary amides is 1. The number of pyridine rings is 1. The number of nitrogens with zero attached hydrogens (tertiary/aromatic N) is 1. The van der Waals surface area contributed by atoms with E-state index < -0.39 is 0 Å². The van der Waals surface area contributed by atoms with Crippen LogP contribution in [-0.4, -0.2) is 22.4 Å². The second-order valence-corrected chi connectivity index (χ2v) is 4.79. The highest BCUT2D eigenvalue weighted by Gasteiger charge is 2.17. The number of aryl methyl sites for hydroxylation is 2. The first-order valence-electron chi connectivity index (χ1n) is 5.92. The van der Waals surface area contributed by atoms with Gasteiger partial charge in [0.1, 0.15) is 10.8 Å². The van der Waals surface area contributed by atoms with Crippen molar-refractivity contribution in [2.45, 2.75) is 25.7 Å². The molecule has 1 aliphatic rings. The average Bonchev–Trinajstić information content (AvgIpc) is 2.74. The Balaban J connectivity index is 2.21. The van der Waals surface area contributed by atoms with E-state index in [1.165, 1.54) is 5.56 Å². The molecular formula is C12H16N4OS. The Morgan fingerprint density at radius 3 is 2.89 bits per heavy atom. The highest BCUT2D eigenvalue weighted by Crippen LogP contribution is 2.25. The number of rotatable bonds is 5. The van der Waals surface area contributed by atoms with Gasteiger partial charge in [0.25, 0.3) is 0 Å². The van der Waals surface area contributed by atoms with E-state index in [1.54, 1.807) is 0 Å². The zero-order valence-electron chi connectivity index (χ0n) is 10.0. The van der Waals surface area contributed by atoms with Crippen LogP contribution in [0.25, 0.3) is 0 Å². The molecule has 0 fully saturated rings. The molecule has 1 aliphatic carbocycles. The first-order chi connectivity index (χ1) is 8.58. The van der Waals surface area contributed by atoms with Crippen LogP contribution >= 0.6 is 12.2 Å². The fraction of sp³-hybridized carbons (Fsp3) is 0.417. The van der Waals surface area contributed by atoms with Crippen LogP contribution in [0, 0.1) is 0 Å². The average molecular weight is 264 g/mol. The van der Waals surface area contributed by atoms with Crippen LogP contribution in [0.1, 0.15) is 29.7 Å². The number of hydrogen-bond acceptors (Lipinski definition) is 4. The van der Waals surface area contributed by atoms with E-state index in [9.17, 15) is 4.79 Å². The van der Waals surface area contributed by atoms with Crippen LogP contribution < -0.4 is 16.8 Å². The van der Waals surface area contributed by atoms with Crippen molar-refractivity contribution in [2.24, 2.45) is 11.5 Å². The second kappa shape index (κ2) is 5.30. The Bertz CT molecular complexity index is 501.